The van der Waals surface area contributed by atoms with Gasteiger partial charge in [-0.3, -0.25) is 0 Å². The first-order valence-corrected chi connectivity index (χ1v) is 6.63. The molecule has 0 saturated carbocycles. The van der Waals surface area contributed by atoms with Crippen LogP contribution in [-0.2, 0) is 19.3 Å². The molecule has 2 atom stereocenters. The summed E-state index contributed by atoms with van der Waals surface area (Å²) in [5.74, 6) is 0.0381. The van der Waals surface area contributed by atoms with Crippen molar-refractivity contribution in [1.82, 2.24) is 5.32 Å². The molecule has 0 bridgehead atoms. The number of hydrogen-bond donors (Lipinski definition) is 1. The van der Waals surface area contributed by atoms with E-state index in [1.807, 2.05) is 0 Å². The summed E-state index contributed by atoms with van der Waals surface area (Å²) in [7, 11) is -3.04. The van der Waals surface area contributed by atoms with E-state index in [1.54, 1.807) is 6.08 Å². The van der Waals surface area contributed by atoms with Crippen LogP contribution in [0.5, 0.6) is 0 Å². The van der Waals surface area contributed by atoms with Gasteiger partial charge in [0.05, 0.1) is 18.4 Å². The molecule has 0 aromatic carbocycles. The van der Waals surface area contributed by atoms with Gasteiger partial charge in [0.1, 0.15) is 12.7 Å². The fourth-order valence-electron chi connectivity index (χ4n) is 1.19. The van der Waals surface area contributed by atoms with Crippen LogP contribution in [0.25, 0.3) is 0 Å². The third-order valence-corrected chi connectivity index (χ3v) is 3.67. The fourth-order valence-corrected chi connectivity index (χ4v) is 2.65. The van der Waals surface area contributed by atoms with Crippen molar-refractivity contribution in [1.29, 1.82) is 0 Å². The van der Waals surface area contributed by atoms with Crippen molar-refractivity contribution in [3.63, 3.8) is 0 Å². The SMILES string of the molecule is O=S1(=O)C=C[C@@H](NC(=S)OC[C@H]2CO2)C1. The van der Waals surface area contributed by atoms with Gasteiger partial charge in [0, 0.05) is 5.41 Å². The zero-order valence-corrected chi connectivity index (χ0v) is 9.51. The molecule has 0 amide bonds. The molecule has 1 fully saturated rings. The Morgan fingerprint density at radius 3 is 2.93 bits per heavy atom. The van der Waals surface area contributed by atoms with Crippen LogP contribution >= 0.6 is 12.2 Å². The quantitative estimate of drug-likeness (QED) is 0.541. The van der Waals surface area contributed by atoms with E-state index in [1.165, 1.54) is 5.41 Å². The first kappa shape index (κ1) is 10.8. The zero-order valence-electron chi connectivity index (χ0n) is 7.88. The Balaban J connectivity index is 1.72. The maximum atomic E-state index is 11.1. The molecule has 5 nitrogen and oxygen atoms in total. The molecule has 1 saturated heterocycles. The maximum Gasteiger partial charge on any atom is 0.257 e. The minimum absolute atomic E-state index is 0.0381. The van der Waals surface area contributed by atoms with Crippen molar-refractivity contribution >= 4 is 27.2 Å². The van der Waals surface area contributed by atoms with Crippen LogP contribution in [0.15, 0.2) is 11.5 Å². The number of sulfone groups is 1. The average Bonchev–Trinajstić information content (AvgIpc) is 2.89. The van der Waals surface area contributed by atoms with Crippen molar-refractivity contribution in [2.45, 2.75) is 12.1 Å². The smallest absolute Gasteiger partial charge is 0.257 e. The van der Waals surface area contributed by atoms with Gasteiger partial charge in [-0.05, 0) is 18.3 Å². The van der Waals surface area contributed by atoms with Crippen molar-refractivity contribution in [3.05, 3.63) is 11.5 Å². The summed E-state index contributed by atoms with van der Waals surface area (Å²) < 4.78 is 32.2. The number of epoxide rings is 1. The van der Waals surface area contributed by atoms with E-state index < -0.39 is 9.84 Å². The summed E-state index contributed by atoms with van der Waals surface area (Å²) in [6, 6.07) is -0.275. The standard InChI is InChI=1S/C8H11NO4S2/c10-15(11)2-1-6(5-15)9-8(14)13-4-7-3-12-7/h1-2,6-7H,3-5H2,(H,9,14)/t6-,7-/m1/s1. The summed E-state index contributed by atoms with van der Waals surface area (Å²) in [6.07, 6.45) is 1.71. The molecule has 0 radical (unpaired) electrons. The Morgan fingerprint density at radius 2 is 2.40 bits per heavy atom. The van der Waals surface area contributed by atoms with Crippen LogP contribution in [0.4, 0.5) is 0 Å². The molecule has 0 aliphatic carbocycles. The normalized spacial score (nSPS) is 31.2. The summed E-state index contributed by atoms with van der Waals surface area (Å²) in [6.45, 7) is 1.13. The van der Waals surface area contributed by atoms with Crippen molar-refractivity contribution in [3.8, 4) is 0 Å². The second kappa shape index (κ2) is 4.07. The predicted molar refractivity (Wildman–Crippen MR) is 58.1 cm³/mol. The highest BCUT2D eigenvalue weighted by Crippen LogP contribution is 2.10. The fraction of sp³-hybridized carbons (Fsp3) is 0.625. The van der Waals surface area contributed by atoms with Crippen molar-refractivity contribution < 1.29 is 17.9 Å². The molecule has 0 spiro atoms. The number of thiocarbonyl (C=S) groups is 1. The molecule has 2 heterocycles. The van der Waals surface area contributed by atoms with Crippen LogP contribution < -0.4 is 5.32 Å². The van der Waals surface area contributed by atoms with E-state index in [-0.39, 0.29) is 23.1 Å². The lowest BCUT2D eigenvalue weighted by atomic mass is 10.3. The number of rotatable bonds is 3. The minimum atomic E-state index is -3.04. The highest BCUT2D eigenvalue weighted by atomic mass is 32.2. The minimum Gasteiger partial charge on any atom is -0.468 e. The van der Waals surface area contributed by atoms with Gasteiger partial charge in [-0.15, -0.1) is 0 Å². The van der Waals surface area contributed by atoms with Gasteiger partial charge in [-0.2, -0.15) is 0 Å². The van der Waals surface area contributed by atoms with Gasteiger partial charge >= 0.3 is 0 Å². The lowest BCUT2D eigenvalue weighted by Crippen LogP contribution is -2.36. The van der Waals surface area contributed by atoms with E-state index >= 15 is 0 Å². The molecule has 0 aromatic heterocycles. The first-order chi connectivity index (χ1) is 7.05. The molecule has 0 unspecified atom stereocenters. The summed E-state index contributed by atoms with van der Waals surface area (Å²) in [4.78, 5) is 0. The van der Waals surface area contributed by atoms with Crippen molar-refractivity contribution in [2.75, 3.05) is 19.0 Å². The van der Waals surface area contributed by atoms with Crippen LogP contribution in [0, 0.1) is 0 Å². The Hall–Kier alpha value is -0.660. The predicted octanol–water partition coefficient (Wildman–Crippen LogP) is -0.413. The lowest BCUT2D eigenvalue weighted by Gasteiger charge is -2.12. The Kier molecular flexibility index (Phi) is 2.94. The summed E-state index contributed by atoms with van der Waals surface area (Å²) >= 11 is 4.89. The van der Waals surface area contributed by atoms with Crippen LogP contribution in [0.3, 0.4) is 0 Å². The third kappa shape index (κ3) is 3.44. The topological polar surface area (TPSA) is 67.9 Å². The highest BCUT2D eigenvalue weighted by molar-refractivity contribution is 7.94. The van der Waals surface area contributed by atoms with Gasteiger partial charge < -0.3 is 14.8 Å². The third-order valence-electron chi connectivity index (χ3n) is 2.04. The van der Waals surface area contributed by atoms with Gasteiger partial charge in [0.25, 0.3) is 5.17 Å². The maximum absolute atomic E-state index is 11.1. The number of nitrogens with one attached hydrogen (secondary N) is 1. The molecule has 2 rings (SSSR count). The molecule has 1 N–H and O–H groups in total. The molecular weight excluding hydrogens is 238 g/mol. The van der Waals surface area contributed by atoms with Gasteiger partial charge in [-0.1, -0.05) is 0 Å². The second-order valence-electron chi connectivity index (χ2n) is 3.46. The molecule has 2 aliphatic rings. The lowest BCUT2D eigenvalue weighted by molar-refractivity contribution is 0.248. The molecule has 84 valence electrons. The summed E-state index contributed by atoms with van der Waals surface area (Å²) in [5, 5.41) is 4.22. The summed E-state index contributed by atoms with van der Waals surface area (Å²) in [5.41, 5.74) is 0. The van der Waals surface area contributed by atoms with E-state index in [9.17, 15) is 8.42 Å². The van der Waals surface area contributed by atoms with Gasteiger partial charge in [0.15, 0.2) is 9.84 Å². The monoisotopic (exact) mass is 249 g/mol. The Labute approximate surface area is 93.4 Å². The number of ether oxygens (including phenoxy) is 2. The Morgan fingerprint density at radius 1 is 1.67 bits per heavy atom. The van der Waals surface area contributed by atoms with E-state index in [0.717, 1.165) is 0 Å². The first-order valence-electron chi connectivity index (χ1n) is 4.51. The molecule has 0 aromatic rings. The second-order valence-corrected chi connectivity index (χ2v) is 5.76. The molecule has 7 heteroatoms. The highest BCUT2D eigenvalue weighted by Gasteiger charge is 2.25. The van der Waals surface area contributed by atoms with Crippen LogP contribution in [0.1, 0.15) is 0 Å². The van der Waals surface area contributed by atoms with E-state index in [0.29, 0.717) is 13.2 Å². The Bertz CT molecular complexity index is 385. The number of hydrogen-bond acceptors (Lipinski definition) is 5. The molecule has 15 heavy (non-hydrogen) atoms. The van der Waals surface area contributed by atoms with Crippen molar-refractivity contribution in [2.24, 2.45) is 0 Å². The molecule has 2 aliphatic heterocycles. The van der Waals surface area contributed by atoms with Gasteiger partial charge in [-0.25, -0.2) is 8.42 Å². The van der Waals surface area contributed by atoms with Crippen LogP contribution in [-0.4, -0.2) is 44.7 Å². The zero-order chi connectivity index (χ0) is 10.9. The van der Waals surface area contributed by atoms with E-state index in [2.05, 4.69) is 5.32 Å². The van der Waals surface area contributed by atoms with E-state index in [4.69, 9.17) is 21.7 Å². The average molecular weight is 249 g/mol. The van der Waals surface area contributed by atoms with Crippen LogP contribution in [0.2, 0.25) is 0 Å². The largest absolute Gasteiger partial charge is 0.468 e. The molecular formula is C8H11NO4S2. The van der Waals surface area contributed by atoms with Gasteiger partial charge in [0.2, 0.25) is 0 Å².